The normalized spacial score (nSPS) is 19.6. The first kappa shape index (κ1) is 64.9. The van der Waals surface area contributed by atoms with Gasteiger partial charge < -0.3 is 46.1 Å². The zero-order chi connectivity index (χ0) is 67.2. The van der Waals surface area contributed by atoms with Gasteiger partial charge >= 0.3 is 18.1 Å². The van der Waals surface area contributed by atoms with Crippen LogP contribution in [0.4, 0.5) is 40.2 Å². The highest BCUT2D eigenvalue weighted by Crippen LogP contribution is 2.39. The smallest absolute Gasteiger partial charge is 0.319 e. The monoisotopic (exact) mass is 1320 g/mol. The number of carbonyl (C=O) groups is 3. The molecule has 8 atom stereocenters. The van der Waals surface area contributed by atoms with E-state index >= 15 is 4.39 Å². The number of aromatic nitrogens is 6. The summed E-state index contributed by atoms with van der Waals surface area (Å²) < 4.78 is 53.0. The zero-order valence-corrected chi connectivity index (χ0v) is 54.6. The minimum Gasteiger partial charge on any atom is -0.383 e. The molecular weight excluding hydrogens is 1240 g/mol. The van der Waals surface area contributed by atoms with E-state index in [0.717, 1.165) is 58.1 Å². The number of benzene rings is 5. The maximum absolute atomic E-state index is 15.2. The fourth-order valence-corrected chi connectivity index (χ4v) is 14.5. The van der Waals surface area contributed by atoms with Gasteiger partial charge in [0.05, 0.1) is 76.7 Å². The van der Waals surface area contributed by atoms with E-state index in [0.29, 0.717) is 97.5 Å². The van der Waals surface area contributed by atoms with Gasteiger partial charge in [-0.25, -0.2) is 36.7 Å². The molecule has 3 aliphatic heterocycles. The van der Waals surface area contributed by atoms with Gasteiger partial charge in [0.2, 0.25) is 0 Å². The van der Waals surface area contributed by atoms with Gasteiger partial charge in [-0.1, -0.05) is 121 Å². The Balaban J connectivity index is 0.675. The van der Waals surface area contributed by atoms with Crippen LogP contribution < -0.4 is 31.9 Å². The number of hydrogen-bond donors (Lipinski definition) is 6. The quantitative estimate of drug-likeness (QED) is 0.0374. The van der Waals surface area contributed by atoms with Crippen molar-refractivity contribution in [3.8, 4) is 22.5 Å². The predicted molar refractivity (Wildman–Crippen MR) is 372 cm³/mol. The number of methoxy groups -OCH3 is 3. The minimum absolute atomic E-state index is 0.00871. The Kier molecular flexibility index (Phi) is 19.3. The largest absolute Gasteiger partial charge is 0.383 e. The predicted octanol–water partition coefficient (Wildman–Crippen LogP) is 11.4. The summed E-state index contributed by atoms with van der Waals surface area (Å²) >= 11 is 0. The van der Waals surface area contributed by atoms with E-state index in [9.17, 15) is 18.8 Å². The Morgan fingerprint density at radius 3 is 1.43 bits per heavy atom. The van der Waals surface area contributed by atoms with Gasteiger partial charge in [-0.15, -0.1) is 0 Å². The van der Waals surface area contributed by atoms with Crippen LogP contribution in [-0.4, -0.2) is 167 Å². The average molecular weight is 1320 g/mol. The van der Waals surface area contributed by atoms with Crippen LogP contribution in [0.15, 0.2) is 207 Å². The molecule has 8 unspecified atom stereocenters. The Labute approximate surface area is 565 Å². The molecule has 6 amide bonds. The molecule has 3 saturated heterocycles. The fraction of sp³-hybridized carbons (Fsp3) is 0.280. The summed E-state index contributed by atoms with van der Waals surface area (Å²) in [5.41, 5.74) is 10.9. The van der Waals surface area contributed by atoms with Crippen LogP contribution in [0.3, 0.4) is 0 Å². The highest BCUT2D eigenvalue weighted by molar-refractivity contribution is 6.01. The molecule has 14 rings (SSSR count). The Hall–Kier alpha value is -10.4. The maximum atomic E-state index is 15.2. The van der Waals surface area contributed by atoms with Crippen molar-refractivity contribution < 1.29 is 37.4 Å². The van der Waals surface area contributed by atoms with Crippen LogP contribution in [0.2, 0.25) is 0 Å². The summed E-state index contributed by atoms with van der Waals surface area (Å²) in [6, 6.07) is 55.1. The Bertz CT molecular complexity index is 4630. The summed E-state index contributed by atoms with van der Waals surface area (Å²) in [5, 5.41) is 33.6. The number of urea groups is 3. The van der Waals surface area contributed by atoms with Crippen LogP contribution >= 0.6 is 0 Å². The number of likely N-dealkylation sites (tertiary alicyclic amines) is 3. The van der Waals surface area contributed by atoms with Gasteiger partial charge in [0.1, 0.15) is 11.4 Å². The van der Waals surface area contributed by atoms with Crippen molar-refractivity contribution in [2.45, 2.75) is 48.1 Å². The van der Waals surface area contributed by atoms with Crippen molar-refractivity contribution >= 4 is 51.7 Å². The number of pyridine rings is 3. The lowest BCUT2D eigenvalue weighted by Gasteiger charge is -2.24. The van der Waals surface area contributed by atoms with Gasteiger partial charge in [-0.2, -0.15) is 15.3 Å². The second kappa shape index (κ2) is 29.1. The van der Waals surface area contributed by atoms with Gasteiger partial charge in [-0.3, -0.25) is 14.7 Å². The van der Waals surface area contributed by atoms with Gasteiger partial charge in [0, 0.05) is 128 Å². The third-order valence-corrected chi connectivity index (χ3v) is 19.3. The van der Waals surface area contributed by atoms with E-state index in [1.807, 2.05) is 158 Å². The maximum Gasteiger partial charge on any atom is 0.319 e. The third-order valence-electron chi connectivity index (χ3n) is 19.3. The summed E-state index contributed by atoms with van der Waals surface area (Å²) in [6.45, 7) is 5.59. The van der Waals surface area contributed by atoms with Crippen molar-refractivity contribution in [2.75, 3.05) is 103 Å². The van der Waals surface area contributed by atoms with E-state index in [1.54, 1.807) is 47.1 Å². The molecule has 0 aliphatic carbocycles. The SMILES string of the molecule is COCCN1CC(NC(=O)Nc2c(-c3cccc(C(CN4CC(NC(=O)Nc5c(-c6cccc(C(CN7CC(NC(=O)Nc8cnn9ccccc89)C(c8ccccc8)C7)OC)c6)nn6ccccc56)C(c5ccc(F)c(F)c5)C4)OC)c3)nn3ccccc23)C(c2ccccc2)C1. The first-order chi connectivity index (χ1) is 47.9. The zero-order valence-electron chi connectivity index (χ0n) is 54.6. The van der Waals surface area contributed by atoms with E-state index in [2.05, 4.69) is 76.0 Å². The molecule has 23 heteroatoms. The summed E-state index contributed by atoms with van der Waals surface area (Å²) in [4.78, 5) is 49.5. The van der Waals surface area contributed by atoms with Gasteiger partial charge in [0.25, 0.3) is 0 Å². The number of amides is 6. The fourth-order valence-electron chi connectivity index (χ4n) is 14.5. The number of ether oxygens (including phenoxy) is 3. The summed E-state index contributed by atoms with van der Waals surface area (Å²) in [5.74, 6) is -2.36. The van der Waals surface area contributed by atoms with Crippen molar-refractivity contribution in [2.24, 2.45) is 0 Å². The number of nitrogens with one attached hydrogen (secondary N) is 6. The van der Waals surface area contributed by atoms with Crippen molar-refractivity contribution in [1.29, 1.82) is 0 Å². The molecule has 21 nitrogen and oxygen atoms in total. The van der Waals surface area contributed by atoms with E-state index in [1.165, 1.54) is 6.07 Å². The molecule has 5 aromatic carbocycles. The van der Waals surface area contributed by atoms with Gasteiger partial charge in [0.15, 0.2) is 11.6 Å². The van der Waals surface area contributed by atoms with Crippen molar-refractivity contribution in [3.63, 3.8) is 0 Å². The number of rotatable bonds is 22. The second-order valence-electron chi connectivity index (χ2n) is 25.4. The summed E-state index contributed by atoms with van der Waals surface area (Å²) in [7, 11) is 5.02. The first-order valence-electron chi connectivity index (χ1n) is 33.0. The molecule has 0 saturated carbocycles. The van der Waals surface area contributed by atoms with E-state index < -0.39 is 41.8 Å². The van der Waals surface area contributed by atoms with Crippen LogP contribution in [0, 0.1) is 11.6 Å². The van der Waals surface area contributed by atoms with E-state index in [-0.39, 0.29) is 36.0 Å². The summed E-state index contributed by atoms with van der Waals surface area (Å²) in [6.07, 6.45) is 6.25. The molecule has 6 aromatic heterocycles. The second-order valence-corrected chi connectivity index (χ2v) is 25.4. The van der Waals surface area contributed by atoms with Crippen LogP contribution in [0.25, 0.3) is 39.1 Å². The average Bonchev–Trinajstić information content (AvgIpc) is 1.61. The highest BCUT2D eigenvalue weighted by atomic mass is 19.2. The Morgan fingerprint density at radius 1 is 0.469 bits per heavy atom. The number of carbonyl (C=O) groups excluding carboxylic acids is 3. The number of nitrogens with zero attached hydrogens (tertiary/aromatic N) is 9. The first-order valence-corrected chi connectivity index (χ1v) is 33.0. The van der Waals surface area contributed by atoms with Gasteiger partial charge in [-0.05, 0) is 88.5 Å². The standard InChI is InChI=1S/C75H77F2N15O6/c1-96-35-34-87-40-55(48-18-6-4-7-19-48)61(43-87)81-74(94)83-71-65-27-11-14-32-91(65)85-69(71)54-25-17-23-52(37-54)68(98-3)47-89-42-57(50-29-30-58(76)59(77)38-50)63(45-89)82-75(95)84-72-66-28-12-15-33-92(66)86-70(72)53-24-16-22-51(36-53)67(97-2)46-88-41-56(49-20-8-5-9-21-49)62(44-88)80-73(93)79-60-39-78-90-31-13-10-26-64(60)90/h4-33,36-39,55-57,61-63,67-68H,34-35,40-47H2,1-3H3,(H2,79,80,93)(H2,81,83,94)(H2,82,84,95). The Morgan fingerprint density at radius 2 is 0.929 bits per heavy atom. The molecule has 9 heterocycles. The molecule has 6 N–H and O–H groups in total. The molecule has 3 aliphatic rings. The lowest BCUT2D eigenvalue weighted by molar-refractivity contribution is 0.0701. The molecular formula is C75H77F2N15O6. The molecule has 98 heavy (non-hydrogen) atoms. The third kappa shape index (κ3) is 14.1. The number of fused-ring (bicyclic) bond motifs is 3. The molecule has 0 spiro atoms. The van der Waals surface area contributed by atoms with Crippen LogP contribution in [-0.2, 0) is 14.2 Å². The number of anilines is 3. The number of hydrogen-bond acceptors (Lipinski definition) is 12. The highest BCUT2D eigenvalue weighted by Gasteiger charge is 2.40. The van der Waals surface area contributed by atoms with Crippen LogP contribution in [0.5, 0.6) is 0 Å². The van der Waals surface area contributed by atoms with E-state index in [4.69, 9.17) is 24.4 Å². The number of halogens is 2. The molecule has 0 bridgehead atoms. The van der Waals surface area contributed by atoms with Crippen LogP contribution in [0.1, 0.15) is 57.8 Å². The van der Waals surface area contributed by atoms with Crippen molar-refractivity contribution in [3.05, 3.63) is 246 Å². The molecule has 0 radical (unpaired) electrons. The molecule has 3 fully saturated rings. The lowest BCUT2D eigenvalue weighted by Crippen LogP contribution is -2.42. The minimum atomic E-state index is -0.985. The van der Waals surface area contributed by atoms with Crippen molar-refractivity contribution in [1.82, 2.24) is 59.5 Å². The molecule has 502 valence electrons. The topological polar surface area (TPSA) is 213 Å². The molecule has 11 aromatic rings. The lowest BCUT2D eigenvalue weighted by atomic mass is 9.94.